The summed E-state index contributed by atoms with van der Waals surface area (Å²) in [6.07, 6.45) is -0.564. The average Bonchev–Trinajstić information content (AvgIpc) is 3.26. The number of aromatic amines is 1. The fourth-order valence-electron chi connectivity index (χ4n) is 3.85. The topological polar surface area (TPSA) is 74.2 Å². The normalized spacial score (nSPS) is 22.2. The minimum atomic E-state index is -4.33. The molecule has 2 aromatic rings. The molecular weight excluding hydrogens is 371 g/mol. The van der Waals surface area contributed by atoms with Gasteiger partial charge in [-0.05, 0) is 24.8 Å². The number of fused-ring (bicyclic) bond motifs is 1. The summed E-state index contributed by atoms with van der Waals surface area (Å²) in [6, 6.07) is 1.69. The highest BCUT2D eigenvalue weighted by molar-refractivity contribution is 5.96. The minimum absolute atomic E-state index is 0.0129. The fourth-order valence-corrected chi connectivity index (χ4v) is 3.85. The van der Waals surface area contributed by atoms with Gasteiger partial charge < -0.3 is 15.6 Å². The van der Waals surface area contributed by atoms with Crippen LogP contribution in [0.5, 0.6) is 0 Å². The molecule has 0 saturated heterocycles. The maximum atomic E-state index is 12.3. The van der Waals surface area contributed by atoms with Crippen molar-refractivity contribution in [3.63, 3.8) is 0 Å². The average molecular weight is 393 g/mol. The van der Waals surface area contributed by atoms with Gasteiger partial charge >= 0.3 is 6.18 Å². The summed E-state index contributed by atoms with van der Waals surface area (Å²) in [4.78, 5) is 22.6. The van der Waals surface area contributed by atoms with Gasteiger partial charge in [0.25, 0.3) is 0 Å². The lowest BCUT2D eigenvalue weighted by Crippen LogP contribution is -2.34. The van der Waals surface area contributed by atoms with Crippen LogP contribution in [0.1, 0.15) is 39.0 Å². The van der Waals surface area contributed by atoms with Gasteiger partial charge in [0.2, 0.25) is 11.6 Å². The number of rotatable bonds is 6. The lowest BCUT2D eigenvalue weighted by Gasteiger charge is -2.22. The summed E-state index contributed by atoms with van der Waals surface area (Å²) in [5.74, 6) is -0.328. The first-order chi connectivity index (χ1) is 13.3. The molecule has 150 valence electrons. The summed E-state index contributed by atoms with van der Waals surface area (Å²) in [5.41, 5.74) is 1.80. The van der Waals surface area contributed by atoms with E-state index in [-0.39, 0.29) is 18.0 Å². The largest absolute Gasteiger partial charge is 0.390 e. The summed E-state index contributed by atoms with van der Waals surface area (Å²) < 4.78 is 36.9. The number of amides is 1. The Morgan fingerprint density at radius 2 is 2.21 bits per heavy atom. The van der Waals surface area contributed by atoms with E-state index < -0.39 is 24.9 Å². The number of nitrogens with zero attached hydrogens (tertiary/aromatic N) is 2. The van der Waals surface area contributed by atoms with Crippen molar-refractivity contribution in [3.8, 4) is 0 Å². The van der Waals surface area contributed by atoms with Crippen LogP contribution < -0.4 is 10.6 Å². The molecular formula is C19H22F3N5O. The van der Waals surface area contributed by atoms with Crippen molar-refractivity contribution >= 4 is 28.3 Å². The van der Waals surface area contributed by atoms with Crippen molar-refractivity contribution in [1.82, 2.24) is 15.3 Å². The van der Waals surface area contributed by atoms with E-state index in [0.29, 0.717) is 29.9 Å². The zero-order valence-corrected chi connectivity index (χ0v) is 15.4. The molecule has 6 nitrogen and oxygen atoms in total. The molecule has 0 aromatic carbocycles. The van der Waals surface area contributed by atoms with Crippen LogP contribution in [0, 0.1) is 12.5 Å². The predicted molar refractivity (Wildman–Crippen MR) is 100 cm³/mol. The van der Waals surface area contributed by atoms with Crippen molar-refractivity contribution in [3.05, 3.63) is 29.9 Å². The van der Waals surface area contributed by atoms with E-state index >= 15 is 0 Å². The van der Waals surface area contributed by atoms with E-state index in [1.807, 2.05) is 13.0 Å². The van der Waals surface area contributed by atoms with Crippen LogP contribution in [0.3, 0.4) is 0 Å². The van der Waals surface area contributed by atoms with Crippen LogP contribution in [-0.4, -0.2) is 34.1 Å². The standard InChI is InChI=1S/C19H22F3N5O/c1-3-11-8-12(26-16(28)4-6-19(20,21)22)9-14(11)27-17-13-5-7-24-18(13)25-10-15(17)23-2/h5,7,10-12,14H,3-4,6,8-9H2,1H3,(H,26,28)(H2,24,25,27)/t11-,12?,14+/m1/s1. The molecule has 1 aliphatic rings. The molecule has 3 atom stereocenters. The third kappa shape index (κ3) is 4.55. The van der Waals surface area contributed by atoms with Gasteiger partial charge in [0.1, 0.15) is 5.65 Å². The number of aromatic nitrogens is 2. The van der Waals surface area contributed by atoms with Gasteiger partial charge in [0, 0.05) is 36.3 Å². The van der Waals surface area contributed by atoms with Crippen molar-refractivity contribution in [2.75, 3.05) is 5.32 Å². The molecule has 0 aliphatic heterocycles. The van der Waals surface area contributed by atoms with Gasteiger partial charge in [0.05, 0.1) is 18.7 Å². The molecule has 9 heteroatoms. The maximum absolute atomic E-state index is 12.3. The van der Waals surface area contributed by atoms with Gasteiger partial charge in [-0.3, -0.25) is 9.78 Å². The monoisotopic (exact) mass is 393 g/mol. The van der Waals surface area contributed by atoms with Crippen LogP contribution >= 0.6 is 0 Å². The number of hydrogen-bond donors (Lipinski definition) is 3. The second-order valence-electron chi connectivity index (χ2n) is 7.14. The predicted octanol–water partition coefficient (Wildman–Crippen LogP) is 4.54. The van der Waals surface area contributed by atoms with Crippen molar-refractivity contribution in [1.29, 1.82) is 0 Å². The van der Waals surface area contributed by atoms with E-state index in [4.69, 9.17) is 6.57 Å². The molecule has 0 radical (unpaired) electrons. The minimum Gasteiger partial charge on any atom is -0.390 e. The number of alkyl halides is 3. The lowest BCUT2D eigenvalue weighted by atomic mass is 10.00. The zero-order chi connectivity index (χ0) is 20.3. The molecule has 1 aliphatic carbocycles. The first-order valence-corrected chi connectivity index (χ1v) is 9.27. The summed E-state index contributed by atoms with van der Waals surface area (Å²) in [6.45, 7) is 9.44. The number of halogens is 3. The summed E-state index contributed by atoms with van der Waals surface area (Å²) in [5, 5.41) is 7.00. The molecule has 28 heavy (non-hydrogen) atoms. The molecule has 0 bridgehead atoms. The van der Waals surface area contributed by atoms with Gasteiger partial charge in [0.15, 0.2) is 0 Å². The van der Waals surface area contributed by atoms with Gasteiger partial charge in [-0.25, -0.2) is 4.85 Å². The highest BCUT2D eigenvalue weighted by Gasteiger charge is 2.35. The molecule has 2 heterocycles. The van der Waals surface area contributed by atoms with E-state index in [0.717, 1.165) is 11.8 Å². The molecule has 3 rings (SSSR count). The SMILES string of the molecule is [C-]#[N+]c1cnc2[nH]ccc2c1N[C@H]1CC(NC(=O)CCC(F)(F)F)C[C@H]1CC. The summed E-state index contributed by atoms with van der Waals surface area (Å²) in [7, 11) is 0. The molecule has 0 spiro atoms. The number of carbonyl (C=O) groups excluding carboxylic acids is 1. The van der Waals surface area contributed by atoms with Crippen molar-refractivity contribution in [2.45, 2.75) is 57.3 Å². The van der Waals surface area contributed by atoms with Gasteiger partial charge in [-0.1, -0.05) is 13.3 Å². The third-order valence-corrected chi connectivity index (χ3v) is 5.24. The van der Waals surface area contributed by atoms with Crippen LogP contribution in [0.25, 0.3) is 15.9 Å². The number of H-pyrrole nitrogens is 1. The number of anilines is 1. The fraction of sp³-hybridized carbons (Fsp3) is 0.526. The Bertz CT molecular complexity index is 886. The Hall–Kier alpha value is -2.76. The smallest absolute Gasteiger partial charge is 0.389 e. The zero-order valence-electron chi connectivity index (χ0n) is 15.4. The highest BCUT2D eigenvalue weighted by atomic mass is 19.4. The molecule has 1 unspecified atom stereocenters. The highest BCUT2D eigenvalue weighted by Crippen LogP contribution is 2.37. The maximum Gasteiger partial charge on any atom is 0.389 e. The first-order valence-electron chi connectivity index (χ1n) is 9.27. The van der Waals surface area contributed by atoms with Gasteiger partial charge in [-0.15, -0.1) is 0 Å². The second-order valence-corrected chi connectivity index (χ2v) is 7.14. The molecule has 1 amide bonds. The van der Waals surface area contributed by atoms with E-state index in [9.17, 15) is 18.0 Å². The lowest BCUT2D eigenvalue weighted by molar-refractivity contribution is -0.144. The Kier molecular flexibility index (Phi) is 5.77. The molecule has 2 aromatic heterocycles. The van der Waals surface area contributed by atoms with Gasteiger partial charge in [-0.2, -0.15) is 13.2 Å². The number of carbonyl (C=O) groups is 1. The van der Waals surface area contributed by atoms with Crippen LogP contribution in [0.15, 0.2) is 18.5 Å². The Morgan fingerprint density at radius 3 is 2.89 bits per heavy atom. The van der Waals surface area contributed by atoms with E-state index in [2.05, 4.69) is 25.4 Å². The second kappa shape index (κ2) is 8.09. The number of pyridine rings is 1. The Balaban J connectivity index is 1.69. The Morgan fingerprint density at radius 1 is 1.43 bits per heavy atom. The Labute approximate surface area is 160 Å². The first kappa shape index (κ1) is 20.0. The summed E-state index contributed by atoms with van der Waals surface area (Å²) >= 11 is 0. The molecule has 1 fully saturated rings. The van der Waals surface area contributed by atoms with Crippen LogP contribution in [0.2, 0.25) is 0 Å². The van der Waals surface area contributed by atoms with Crippen LogP contribution in [0.4, 0.5) is 24.5 Å². The quantitative estimate of drug-likeness (QED) is 0.631. The third-order valence-electron chi connectivity index (χ3n) is 5.24. The van der Waals surface area contributed by atoms with Crippen LogP contribution in [-0.2, 0) is 4.79 Å². The number of hydrogen-bond acceptors (Lipinski definition) is 3. The van der Waals surface area contributed by atoms with Crippen molar-refractivity contribution in [2.24, 2.45) is 5.92 Å². The van der Waals surface area contributed by atoms with E-state index in [1.165, 1.54) is 6.20 Å². The van der Waals surface area contributed by atoms with E-state index in [1.54, 1.807) is 6.20 Å². The number of nitrogens with one attached hydrogen (secondary N) is 3. The molecule has 3 N–H and O–H groups in total. The molecule has 1 saturated carbocycles. The van der Waals surface area contributed by atoms with Crippen molar-refractivity contribution < 1.29 is 18.0 Å².